The molecule has 25 heavy (non-hydrogen) atoms. The second-order valence-corrected chi connectivity index (χ2v) is 7.49. The van der Waals surface area contributed by atoms with Gasteiger partial charge in [0, 0.05) is 5.56 Å². The highest BCUT2D eigenvalue weighted by Gasteiger charge is 2.19. The van der Waals surface area contributed by atoms with Crippen molar-refractivity contribution in [2.45, 2.75) is 51.9 Å². The van der Waals surface area contributed by atoms with Crippen LogP contribution < -0.4 is 0 Å². The summed E-state index contributed by atoms with van der Waals surface area (Å²) < 4.78 is 26.5. The Hall–Kier alpha value is -1.48. The first-order chi connectivity index (χ1) is 12.1. The second kappa shape index (κ2) is 8.27. The van der Waals surface area contributed by atoms with E-state index >= 15 is 0 Å². The van der Waals surface area contributed by atoms with E-state index in [4.69, 9.17) is 11.6 Å². The Morgan fingerprint density at radius 1 is 1.04 bits per heavy atom. The van der Waals surface area contributed by atoms with Crippen LogP contribution in [0.25, 0.3) is 11.1 Å². The smallest absolute Gasteiger partial charge is 0.205 e. The minimum atomic E-state index is -1.16. The van der Waals surface area contributed by atoms with Crippen molar-refractivity contribution in [3.8, 4) is 11.1 Å². The first-order valence-corrected chi connectivity index (χ1v) is 9.55. The summed E-state index contributed by atoms with van der Waals surface area (Å²) in [6.45, 7) is 2.29. The average molecular weight is 364 g/mol. The number of benzene rings is 1. The molecule has 3 rings (SSSR count). The Labute approximate surface area is 153 Å². The summed E-state index contributed by atoms with van der Waals surface area (Å²) in [4.78, 5) is 3.41. The van der Waals surface area contributed by atoms with E-state index in [-0.39, 0.29) is 5.15 Å². The molecule has 0 N–H and O–H groups in total. The van der Waals surface area contributed by atoms with Gasteiger partial charge in [-0.2, -0.15) is 4.39 Å². The normalized spacial score (nSPS) is 20.6. The highest BCUT2D eigenvalue weighted by Crippen LogP contribution is 2.33. The van der Waals surface area contributed by atoms with Gasteiger partial charge in [-0.05, 0) is 41.9 Å². The van der Waals surface area contributed by atoms with E-state index in [9.17, 15) is 8.78 Å². The lowest BCUT2D eigenvalue weighted by atomic mass is 9.78. The van der Waals surface area contributed by atoms with E-state index in [0.717, 1.165) is 29.9 Å². The number of rotatable bonds is 5. The standard InChI is InChI=1S/C21H24ClF2N/c1-2-14-3-5-15(6-4-14)7-8-16-9-11-17(12-10-16)18-13-19(23)21(24)25-20(18)22/h9-15H,2-8H2,1H3. The Morgan fingerprint density at radius 3 is 2.32 bits per heavy atom. The second-order valence-electron chi connectivity index (χ2n) is 7.13. The van der Waals surface area contributed by atoms with Crippen LogP contribution in [0.5, 0.6) is 0 Å². The van der Waals surface area contributed by atoms with Crippen molar-refractivity contribution in [3.05, 3.63) is 52.8 Å². The third-order valence-corrected chi connectivity index (χ3v) is 5.82. The highest BCUT2D eigenvalue weighted by molar-refractivity contribution is 6.32. The Bertz CT molecular complexity index is 707. The van der Waals surface area contributed by atoms with Crippen LogP contribution >= 0.6 is 11.6 Å². The Kier molecular flexibility index (Phi) is 6.06. The van der Waals surface area contributed by atoms with E-state index < -0.39 is 11.8 Å². The summed E-state index contributed by atoms with van der Waals surface area (Å²) in [6, 6.07) is 9.01. The predicted molar refractivity (Wildman–Crippen MR) is 98.7 cm³/mol. The number of aryl methyl sites for hydroxylation is 1. The van der Waals surface area contributed by atoms with Gasteiger partial charge in [0.05, 0.1) is 0 Å². The number of pyridine rings is 1. The fourth-order valence-corrected chi connectivity index (χ4v) is 4.04. The number of nitrogens with zero attached hydrogens (tertiary/aromatic N) is 1. The van der Waals surface area contributed by atoms with Crippen molar-refractivity contribution in [1.29, 1.82) is 0 Å². The predicted octanol–water partition coefficient (Wildman–Crippen LogP) is 6.83. The van der Waals surface area contributed by atoms with Gasteiger partial charge >= 0.3 is 0 Å². The summed E-state index contributed by atoms with van der Waals surface area (Å²) in [5, 5.41) is -0.0145. The third kappa shape index (κ3) is 4.58. The van der Waals surface area contributed by atoms with Crippen LogP contribution in [0.1, 0.15) is 51.0 Å². The molecule has 2 aromatic rings. The maximum atomic E-state index is 13.4. The monoisotopic (exact) mass is 363 g/mol. The lowest BCUT2D eigenvalue weighted by Gasteiger charge is -2.27. The molecule has 1 aromatic carbocycles. The molecule has 0 bridgehead atoms. The van der Waals surface area contributed by atoms with Crippen molar-refractivity contribution < 1.29 is 8.78 Å². The molecule has 4 heteroatoms. The van der Waals surface area contributed by atoms with Crippen LogP contribution in [0.15, 0.2) is 30.3 Å². The minimum Gasteiger partial charge on any atom is -0.205 e. The minimum absolute atomic E-state index is 0.0145. The molecule has 1 fully saturated rings. The summed E-state index contributed by atoms with van der Waals surface area (Å²) >= 11 is 5.94. The molecule has 1 aliphatic carbocycles. The molecule has 1 heterocycles. The van der Waals surface area contributed by atoms with Crippen LogP contribution in [0.3, 0.4) is 0 Å². The maximum Gasteiger partial charge on any atom is 0.250 e. The van der Waals surface area contributed by atoms with Crippen molar-refractivity contribution in [3.63, 3.8) is 0 Å². The van der Waals surface area contributed by atoms with Crippen LogP contribution in [0.2, 0.25) is 5.15 Å². The van der Waals surface area contributed by atoms with Gasteiger partial charge in [-0.3, -0.25) is 0 Å². The van der Waals surface area contributed by atoms with E-state index in [2.05, 4.69) is 11.9 Å². The molecule has 0 aliphatic heterocycles. The maximum absolute atomic E-state index is 13.4. The third-order valence-electron chi connectivity index (χ3n) is 5.54. The molecule has 0 unspecified atom stereocenters. The van der Waals surface area contributed by atoms with Gasteiger partial charge in [-0.15, -0.1) is 0 Å². The van der Waals surface area contributed by atoms with Crippen LogP contribution in [0.4, 0.5) is 8.78 Å². The fraction of sp³-hybridized carbons (Fsp3) is 0.476. The summed E-state index contributed by atoms with van der Waals surface area (Å²) in [5.41, 5.74) is 2.45. The van der Waals surface area contributed by atoms with Crippen molar-refractivity contribution in [2.75, 3.05) is 0 Å². The summed E-state index contributed by atoms with van der Waals surface area (Å²) in [7, 11) is 0. The SMILES string of the molecule is CCC1CCC(CCc2ccc(-c3cc(F)c(F)nc3Cl)cc2)CC1. The molecule has 134 valence electrons. The van der Waals surface area contributed by atoms with E-state index in [1.165, 1.54) is 44.1 Å². The molecule has 1 saturated carbocycles. The van der Waals surface area contributed by atoms with Crippen LogP contribution in [-0.4, -0.2) is 4.98 Å². The van der Waals surface area contributed by atoms with Crippen LogP contribution in [0, 0.1) is 23.6 Å². The first kappa shape index (κ1) is 18.3. The van der Waals surface area contributed by atoms with Gasteiger partial charge in [0.15, 0.2) is 5.82 Å². The quantitative estimate of drug-likeness (QED) is 0.530. The zero-order valence-corrected chi connectivity index (χ0v) is 15.3. The number of hydrogen-bond donors (Lipinski definition) is 0. The van der Waals surface area contributed by atoms with Crippen molar-refractivity contribution in [2.24, 2.45) is 11.8 Å². The summed E-state index contributed by atoms with van der Waals surface area (Å²) in [5.74, 6) is -0.369. The number of hydrogen-bond acceptors (Lipinski definition) is 1. The van der Waals surface area contributed by atoms with Crippen LogP contribution in [-0.2, 0) is 6.42 Å². The first-order valence-electron chi connectivity index (χ1n) is 9.17. The number of aromatic nitrogens is 1. The molecule has 1 aromatic heterocycles. The largest absolute Gasteiger partial charge is 0.250 e. The highest BCUT2D eigenvalue weighted by atomic mass is 35.5. The molecular weight excluding hydrogens is 340 g/mol. The Balaban J connectivity index is 1.60. The van der Waals surface area contributed by atoms with E-state index in [1.807, 2.05) is 24.3 Å². The van der Waals surface area contributed by atoms with E-state index in [1.54, 1.807) is 0 Å². The Morgan fingerprint density at radius 2 is 1.68 bits per heavy atom. The van der Waals surface area contributed by atoms with Gasteiger partial charge in [0.1, 0.15) is 5.15 Å². The molecule has 0 spiro atoms. The molecular formula is C21H24ClF2N. The average Bonchev–Trinajstić information content (AvgIpc) is 2.64. The van der Waals surface area contributed by atoms with Gasteiger partial charge in [0.25, 0.3) is 0 Å². The van der Waals surface area contributed by atoms with Gasteiger partial charge in [0.2, 0.25) is 5.95 Å². The molecule has 0 amide bonds. The lowest BCUT2D eigenvalue weighted by Crippen LogP contribution is -2.14. The zero-order chi connectivity index (χ0) is 17.8. The summed E-state index contributed by atoms with van der Waals surface area (Å²) in [6.07, 6.45) is 9.06. The molecule has 0 radical (unpaired) electrons. The topological polar surface area (TPSA) is 12.9 Å². The van der Waals surface area contributed by atoms with Crippen molar-refractivity contribution >= 4 is 11.6 Å². The number of halogens is 3. The van der Waals surface area contributed by atoms with Gasteiger partial charge in [-0.1, -0.05) is 74.9 Å². The molecule has 1 nitrogen and oxygen atoms in total. The molecule has 0 saturated heterocycles. The van der Waals surface area contributed by atoms with Gasteiger partial charge < -0.3 is 0 Å². The van der Waals surface area contributed by atoms with E-state index in [0.29, 0.717) is 5.56 Å². The molecule has 1 aliphatic rings. The molecule has 0 atom stereocenters. The van der Waals surface area contributed by atoms with Gasteiger partial charge in [-0.25, -0.2) is 9.37 Å². The lowest BCUT2D eigenvalue weighted by molar-refractivity contribution is 0.259. The van der Waals surface area contributed by atoms with Crippen molar-refractivity contribution in [1.82, 2.24) is 4.98 Å². The zero-order valence-electron chi connectivity index (χ0n) is 14.6. The fourth-order valence-electron chi connectivity index (χ4n) is 3.80.